The number of halogens is 1. The van der Waals surface area contributed by atoms with E-state index in [4.69, 9.17) is 4.42 Å². The summed E-state index contributed by atoms with van der Waals surface area (Å²) >= 11 is 2.33. The van der Waals surface area contributed by atoms with Crippen LogP contribution in [-0.2, 0) is 13.0 Å². The van der Waals surface area contributed by atoms with Crippen LogP contribution in [0.5, 0.6) is 0 Å². The third-order valence-electron chi connectivity index (χ3n) is 2.69. The van der Waals surface area contributed by atoms with Crippen molar-refractivity contribution in [3.05, 3.63) is 33.1 Å². The Hall–Kier alpha value is -0.550. The van der Waals surface area contributed by atoms with E-state index in [0.717, 1.165) is 30.7 Å². The van der Waals surface area contributed by atoms with Gasteiger partial charge in [0.25, 0.3) is 0 Å². The van der Waals surface area contributed by atoms with E-state index in [1.54, 1.807) is 0 Å². The van der Waals surface area contributed by atoms with Crippen molar-refractivity contribution in [2.24, 2.45) is 0 Å². The molecule has 2 nitrogen and oxygen atoms in total. The first-order chi connectivity index (χ1) is 7.77. The van der Waals surface area contributed by atoms with Gasteiger partial charge >= 0.3 is 0 Å². The molecule has 1 aromatic carbocycles. The van der Waals surface area contributed by atoms with Crippen molar-refractivity contribution in [1.29, 1.82) is 0 Å². The smallest absolute Gasteiger partial charge is 0.147 e. The van der Waals surface area contributed by atoms with Crippen LogP contribution in [0.4, 0.5) is 0 Å². The molecule has 0 bridgehead atoms. The summed E-state index contributed by atoms with van der Waals surface area (Å²) in [6, 6.07) is 6.35. The number of hydrogen-bond acceptors (Lipinski definition) is 2. The van der Waals surface area contributed by atoms with Crippen molar-refractivity contribution < 1.29 is 4.42 Å². The molecule has 0 amide bonds. The first-order valence-electron chi connectivity index (χ1n) is 5.61. The van der Waals surface area contributed by atoms with Gasteiger partial charge in [-0.1, -0.05) is 25.5 Å². The fourth-order valence-electron chi connectivity index (χ4n) is 2.01. The van der Waals surface area contributed by atoms with Crippen molar-refractivity contribution in [1.82, 2.24) is 5.32 Å². The summed E-state index contributed by atoms with van der Waals surface area (Å²) in [5, 5.41) is 4.44. The predicted molar refractivity (Wildman–Crippen MR) is 75.7 cm³/mol. The largest absolute Gasteiger partial charge is 0.458 e. The van der Waals surface area contributed by atoms with Gasteiger partial charge in [-0.15, -0.1) is 0 Å². The molecule has 0 spiro atoms. The Labute approximate surface area is 110 Å². The SMILES string of the molecule is CCCc1c(CNC)oc2c(I)cccc12. The molecule has 2 aromatic rings. The molecule has 86 valence electrons. The molecule has 1 aromatic heterocycles. The van der Waals surface area contributed by atoms with Gasteiger partial charge < -0.3 is 9.73 Å². The van der Waals surface area contributed by atoms with E-state index in [2.05, 4.69) is 53.0 Å². The number of aryl methyl sites for hydroxylation is 1. The summed E-state index contributed by atoms with van der Waals surface area (Å²) in [6.07, 6.45) is 2.24. The lowest BCUT2D eigenvalue weighted by Crippen LogP contribution is -2.05. The van der Waals surface area contributed by atoms with Crippen LogP contribution in [0.25, 0.3) is 11.0 Å². The molecule has 1 heterocycles. The zero-order valence-electron chi connectivity index (χ0n) is 9.64. The van der Waals surface area contributed by atoms with Gasteiger partial charge in [-0.2, -0.15) is 0 Å². The number of rotatable bonds is 4. The molecule has 0 aliphatic carbocycles. The van der Waals surface area contributed by atoms with Crippen LogP contribution in [-0.4, -0.2) is 7.05 Å². The second-order valence-electron chi connectivity index (χ2n) is 3.90. The molecule has 0 aliphatic heterocycles. The van der Waals surface area contributed by atoms with Crippen molar-refractivity contribution in [2.75, 3.05) is 7.05 Å². The molecule has 0 atom stereocenters. The number of hydrogen-bond donors (Lipinski definition) is 1. The fourth-order valence-corrected chi connectivity index (χ4v) is 2.62. The maximum atomic E-state index is 5.95. The minimum absolute atomic E-state index is 0.806. The second-order valence-corrected chi connectivity index (χ2v) is 5.06. The lowest BCUT2D eigenvalue weighted by atomic mass is 10.1. The van der Waals surface area contributed by atoms with Crippen LogP contribution in [0, 0.1) is 3.57 Å². The third-order valence-corrected chi connectivity index (χ3v) is 3.54. The Balaban J connectivity index is 2.60. The predicted octanol–water partition coefficient (Wildman–Crippen LogP) is 3.71. The number of fused-ring (bicyclic) bond motifs is 1. The Morgan fingerprint density at radius 1 is 1.38 bits per heavy atom. The van der Waals surface area contributed by atoms with E-state index >= 15 is 0 Å². The van der Waals surface area contributed by atoms with Gasteiger partial charge in [-0.05, 0) is 42.1 Å². The molecular formula is C13H16INO. The van der Waals surface area contributed by atoms with Crippen LogP contribution >= 0.6 is 22.6 Å². The average Bonchev–Trinajstić information content (AvgIpc) is 2.61. The molecule has 0 saturated carbocycles. The van der Waals surface area contributed by atoms with Gasteiger partial charge in [0, 0.05) is 10.9 Å². The fraction of sp³-hybridized carbons (Fsp3) is 0.385. The highest BCUT2D eigenvalue weighted by molar-refractivity contribution is 14.1. The lowest BCUT2D eigenvalue weighted by molar-refractivity contribution is 0.522. The normalized spacial score (nSPS) is 11.2. The van der Waals surface area contributed by atoms with E-state index in [-0.39, 0.29) is 0 Å². The minimum Gasteiger partial charge on any atom is -0.458 e. The molecule has 0 saturated heterocycles. The molecule has 1 N–H and O–H groups in total. The number of benzene rings is 1. The Bertz CT molecular complexity index is 490. The molecule has 2 rings (SSSR count). The molecule has 3 heteroatoms. The number of para-hydroxylation sites is 1. The molecule has 0 unspecified atom stereocenters. The van der Waals surface area contributed by atoms with Crippen molar-refractivity contribution >= 4 is 33.6 Å². The van der Waals surface area contributed by atoms with Crippen LogP contribution in [0.1, 0.15) is 24.7 Å². The molecular weight excluding hydrogens is 313 g/mol. The zero-order chi connectivity index (χ0) is 11.5. The van der Waals surface area contributed by atoms with Gasteiger partial charge in [-0.3, -0.25) is 0 Å². The summed E-state index contributed by atoms with van der Waals surface area (Å²) in [5.41, 5.74) is 2.40. The molecule has 0 radical (unpaired) electrons. The quantitative estimate of drug-likeness (QED) is 0.865. The lowest BCUT2D eigenvalue weighted by Gasteiger charge is -1.99. The monoisotopic (exact) mass is 329 g/mol. The molecule has 16 heavy (non-hydrogen) atoms. The highest BCUT2D eigenvalue weighted by Gasteiger charge is 2.14. The van der Waals surface area contributed by atoms with Crippen LogP contribution in [0.2, 0.25) is 0 Å². The molecule has 0 fully saturated rings. The van der Waals surface area contributed by atoms with Crippen molar-refractivity contribution in [3.63, 3.8) is 0 Å². The number of nitrogens with one attached hydrogen (secondary N) is 1. The van der Waals surface area contributed by atoms with Gasteiger partial charge in [0.05, 0.1) is 10.1 Å². The Morgan fingerprint density at radius 3 is 2.88 bits per heavy atom. The van der Waals surface area contributed by atoms with E-state index in [9.17, 15) is 0 Å². The summed E-state index contributed by atoms with van der Waals surface area (Å²) in [4.78, 5) is 0. The highest BCUT2D eigenvalue weighted by atomic mass is 127. The summed E-state index contributed by atoms with van der Waals surface area (Å²) < 4.78 is 7.14. The zero-order valence-corrected chi connectivity index (χ0v) is 11.8. The summed E-state index contributed by atoms with van der Waals surface area (Å²) in [5.74, 6) is 1.09. The van der Waals surface area contributed by atoms with Gasteiger partial charge in [-0.25, -0.2) is 0 Å². The van der Waals surface area contributed by atoms with Crippen molar-refractivity contribution in [2.45, 2.75) is 26.3 Å². The average molecular weight is 329 g/mol. The third kappa shape index (κ3) is 2.11. The first-order valence-corrected chi connectivity index (χ1v) is 6.69. The highest BCUT2D eigenvalue weighted by Crippen LogP contribution is 2.30. The van der Waals surface area contributed by atoms with Crippen LogP contribution < -0.4 is 5.32 Å². The van der Waals surface area contributed by atoms with Crippen LogP contribution in [0.15, 0.2) is 22.6 Å². The van der Waals surface area contributed by atoms with Gasteiger partial charge in [0.15, 0.2) is 0 Å². The first kappa shape index (κ1) is 11.9. The topological polar surface area (TPSA) is 25.2 Å². The van der Waals surface area contributed by atoms with Gasteiger partial charge in [0.2, 0.25) is 0 Å². The van der Waals surface area contributed by atoms with Gasteiger partial charge in [0.1, 0.15) is 11.3 Å². The molecule has 0 aliphatic rings. The maximum Gasteiger partial charge on any atom is 0.147 e. The standard InChI is InChI=1S/C13H16INO/c1-3-5-9-10-6-4-7-11(14)13(10)16-12(9)8-15-2/h4,6-7,15H,3,5,8H2,1-2H3. The second kappa shape index (κ2) is 5.19. The number of furan rings is 1. The minimum atomic E-state index is 0.806. The summed E-state index contributed by atoms with van der Waals surface area (Å²) in [6.45, 7) is 3.01. The summed E-state index contributed by atoms with van der Waals surface area (Å²) in [7, 11) is 1.95. The van der Waals surface area contributed by atoms with E-state index < -0.39 is 0 Å². The van der Waals surface area contributed by atoms with Crippen molar-refractivity contribution in [3.8, 4) is 0 Å². The van der Waals surface area contributed by atoms with Crippen LogP contribution in [0.3, 0.4) is 0 Å². The van der Waals surface area contributed by atoms with E-state index in [1.165, 1.54) is 14.5 Å². The Morgan fingerprint density at radius 2 is 2.19 bits per heavy atom. The van der Waals surface area contributed by atoms with E-state index in [1.807, 2.05) is 7.05 Å². The maximum absolute atomic E-state index is 5.95. The Kier molecular flexibility index (Phi) is 3.86. The van der Waals surface area contributed by atoms with E-state index in [0.29, 0.717) is 0 Å².